The van der Waals surface area contributed by atoms with Crippen LogP contribution in [0.4, 0.5) is 13.2 Å². The molecular formula is C8H6F3N5. The van der Waals surface area contributed by atoms with E-state index in [4.69, 9.17) is 0 Å². The Labute approximate surface area is 87.9 Å². The molecule has 0 N–H and O–H groups in total. The summed E-state index contributed by atoms with van der Waals surface area (Å²) in [5, 5.41) is 9.20. The van der Waals surface area contributed by atoms with Crippen molar-refractivity contribution in [3.63, 3.8) is 0 Å². The summed E-state index contributed by atoms with van der Waals surface area (Å²) in [6.07, 6.45) is -4.60. The van der Waals surface area contributed by atoms with E-state index in [1.54, 1.807) is 19.1 Å². The highest BCUT2D eigenvalue weighted by molar-refractivity contribution is 5.24. The van der Waals surface area contributed by atoms with E-state index in [9.17, 15) is 13.2 Å². The Bertz CT molecular complexity index is 504. The first kappa shape index (κ1) is 10.5. The number of aryl methyl sites for hydroxylation is 1. The summed E-state index contributed by atoms with van der Waals surface area (Å²) in [5.74, 6) is -1.15. The highest BCUT2D eigenvalue weighted by atomic mass is 19.4. The molecule has 2 aromatic rings. The molecule has 0 aromatic carbocycles. The molecule has 0 fully saturated rings. The second kappa shape index (κ2) is 3.54. The maximum atomic E-state index is 12.5. The number of nitrogens with zero attached hydrogens (tertiary/aromatic N) is 5. The van der Waals surface area contributed by atoms with Gasteiger partial charge in [-0.25, -0.2) is 4.98 Å². The Morgan fingerprint density at radius 1 is 1.25 bits per heavy atom. The molecule has 0 unspecified atom stereocenters. The number of rotatable bonds is 1. The smallest absolute Gasteiger partial charge is 0.234 e. The SMILES string of the molecule is Cc1cccc(-n2nnnc2C(F)(F)F)n1. The fraction of sp³-hybridized carbons (Fsp3) is 0.250. The first-order valence-corrected chi connectivity index (χ1v) is 4.28. The molecule has 0 amide bonds. The first-order valence-electron chi connectivity index (χ1n) is 4.28. The molecule has 2 rings (SSSR count). The van der Waals surface area contributed by atoms with Crippen LogP contribution < -0.4 is 0 Å². The van der Waals surface area contributed by atoms with Gasteiger partial charge in [-0.1, -0.05) is 6.07 Å². The monoisotopic (exact) mass is 229 g/mol. The molecule has 0 radical (unpaired) electrons. The summed E-state index contributed by atoms with van der Waals surface area (Å²) in [6, 6.07) is 4.65. The molecule has 8 heteroatoms. The Hall–Kier alpha value is -1.99. The van der Waals surface area contributed by atoms with E-state index >= 15 is 0 Å². The van der Waals surface area contributed by atoms with Crippen LogP contribution in [0, 0.1) is 6.92 Å². The van der Waals surface area contributed by atoms with Gasteiger partial charge in [0.15, 0.2) is 5.82 Å². The summed E-state index contributed by atoms with van der Waals surface area (Å²) >= 11 is 0. The summed E-state index contributed by atoms with van der Waals surface area (Å²) in [7, 11) is 0. The average Bonchev–Trinajstić information content (AvgIpc) is 2.65. The van der Waals surface area contributed by atoms with Gasteiger partial charge in [-0.15, -0.1) is 5.10 Å². The molecule has 0 spiro atoms. The molecule has 0 aliphatic rings. The van der Waals surface area contributed by atoms with E-state index in [-0.39, 0.29) is 5.82 Å². The highest BCUT2D eigenvalue weighted by Crippen LogP contribution is 2.27. The molecular weight excluding hydrogens is 223 g/mol. The first-order chi connectivity index (χ1) is 7.48. The fourth-order valence-electron chi connectivity index (χ4n) is 1.16. The molecule has 0 bridgehead atoms. The van der Waals surface area contributed by atoms with Crippen molar-refractivity contribution in [3.8, 4) is 5.82 Å². The van der Waals surface area contributed by atoms with Crippen LogP contribution in [-0.4, -0.2) is 25.2 Å². The summed E-state index contributed by atoms with van der Waals surface area (Å²) in [6.45, 7) is 1.67. The van der Waals surface area contributed by atoms with Crippen LogP contribution in [-0.2, 0) is 6.18 Å². The fourth-order valence-corrected chi connectivity index (χ4v) is 1.16. The third-order valence-corrected chi connectivity index (χ3v) is 1.81. The lowest BCUT2D eigenvalue weighted by Crippen LogP contribution is -2.15. The van der Waals surface area contributed by atoms with Crippen LogP contribution in [0.3, 0.4) is 0 Å². The van der Waals surface area contributed by atoms with Gasteiger partial charge in [0.1, 0.15) is 0 Å². The molecule has 2 heterocycles. The minimum Gasteiger partial charge on any atom is -0.234 e. The zero-order valence-electron chi connectivity index (χ0n) is 8.10. The van der Waals surface area contributed by atoms with E-state index in [1.165, 1.54) is 6.07 Å². The van der Waals surface area contributed by atoms with Crippen molar-refractivity contribution < 1.29 is 13.2 Å². The summed E-state index contributed by atoms with van der Waals surface area (Å²) < 4.78 is 38.0. The summed E-state index contributed by atoms with van der Waals surface area (Å²) in [5.41, 5.74) is 0.584. The van der Waals surface area contributed by atoms with E-state index in [1.807, 2.05) is 0 Å². The Kier molecular flexibility index (Phi) is 2.33. The topological polar surface area (TPSA) is 56.5 Å². The average molecular weight is 229 g/mol. The Morgan fingerprint density at radius 2 is 2.00 bits per heavy atom. The van der Waals surface area contributed by atoms with Gasteiger partial charge >= 0.3 is 6.18 Å². The maximum Gasteiger partial charge on any atom is 0.453 e. The van der Waals surface area contributed by atoms with Crippen molar-refractivity contribution in [3.05, 3.63) is 29.7 Å². The molecule has 5 nitrogen and oxygen atoms in total. The van der Waals surface area contributed by atoms with Crippen molar-refractivity contribution in [1.29, 1.82) is 0 Å². The van der Waals surface area contributed by atoms with Gasteiger partial charge in [0.2, 0.25) is 0 Å². The summed E-state index contributed by atoms with van der Waals surface area (Å²) in [4.78, 5) is 3.91. The van der Waals surface area contributed by atoms with E-state index in [0.717, 1.165) is 0 Å². The van der Waals surface area contributed by atoms with Crippen LogP contribution in [0.1, 0.15) is 11.5 Å². The number of hydrogen-bond acceptors (Lipinski definition) is 4. The maximum absolute atomic E-state index is 12.5. The van der Waals surface area contributed by atoms with Crippen molar-refractivity contribution in [2.24, 2.45) is 0 Å². The quantitative estimate of drug-likeness (QED) is 0.741. The number of pyridine rings is 1. The minimum atomic E-state index is -4.60. The second-order valence-corrected chi connectivity index (χ2v) is 3.05. The van der Waals surface area contributed by atoms with Crippen molar-refractivity contribution >= 4 is 0 Å². The van der Waals surface area contributed by atoms with Gasteiger partial charge in [0.05, 0.1) is 0 Å². The van der Waals surface area contributed by atoms with Crippen LogP contribution in [0.2, 0.25) is 0 Å². The van der Waals surface area contributed by atoms with Crippen LogP contribution in [0.15, 0.2) is 18.2 Å². The van der Waals surface area contributed by atoms with E-state index < -0.39 is 12.0 Å². The van der Waals surface area contributed by atoms with Gasteiger partial charge in [-0.3, -0.25) is 0 Å². The zero-order valence-corrected chi connectivity index (χ0v) is 8.10. The van der Waals surface area contributed by atoms with Gasteiger partial charge < -0.3 is 0 Å². The van der Waals surface area contributed by atoms with Gasteiger partial charge in [0, 0.05) is 5.69 Å². The highest BCUT2D eigenvalue weighted by Gasteiger charge is 2.38. The molecule has 0 saturated carbocycles. The van der Waals surface area contributed by atoms with Crippen LogP contribution in [0.25, 0.3) is 5.82 Å². The molecule has 0 aliphatic heterocycles. The Balaban J connectivity index is 2.53. The van der Waals surface area contributed by atoms with Crippen molar-refractivity contribution in [1.82, 2.24) is 25.2 Å². The zero-order chi connectivity index (χ0) is 11.8. The molecule has 0 aliphatic carbocycles. The molecule has 0 atom stereocenters. The molecule has 2 aromatic heterocycles. The number of halogens is 3. The number of aromatic nitrogens is 5. The van der Waals surface area contributed by atoms with Gasteiger partial charge in [-0.05, 0) is 29.5 Å². The lowest BCUT2D eigenvalue weighted by atomic mass is 10.4. The predicted molar refractivity (Wildman–Crippen MR) is 46.7 cm³/mol. The largest absolute Gasteiger partial charge is 0.453 e. The molecule has 0 saturated heterocycles. The lowest BCUT2D eigenvalue weighted by Gasteiger charge is -2.06. The van der Waals surface area contributed by atoms with Crippen molar-refractivity contribution in [2.75, 3.05) is 0 Å². The molecule has 84 valence electrons. The van der Waals surface area contributed by atoms with E-state index in [0.29, 0.717) is 10.4 Å². The minimum absolute atomic E-state index is 0.0392. The Morgan fingerprint density at radius 3 is 2.62 bits per heavy atom. The van der Waals surface area contributed by atoms with Crippen LogP contribution >= 0.6 is 0 Å². The van der Waals surface area contributed by atoms with Gasteiger partial charge in [-0.2, -0.15) is 17.9 Å². The normalized spacial score (nSPS) is 11.8. The molecule has 16 heavy (non-hydrogen) atoms. The van der Waals surface area contributed by atoms with Crippen molar-refractivity contribution in [2.45, 2.75) is 13.1 Å². The predicted octanol–water partition coefficient (Wildman–Crippen LogP) is 1.38. The third kappa shape index (κ3) is 1.86. The lowest BCUT2D eigenvalue weighted by molar-refractivity contribution is -0.146. The van der Waals surface area contributed by atoms with Gasteiger partial charge in [0.25, 0.3) is 5.82 Å². The number of tetrazole rings is 1. The third-order valence-electron chi connectivity index (χ3n) is 1.81. The van der Waals surface area contributed by atoms with Crippen LogP contribution in [0.5, 0.6) is 0 Å². The number of alkyl halides is 3. The number of hydrogen-bond donors (Lipinski definition) is 0. The second-order valence-electron chi connectivity index (χ2n) is 3.05. The van der Waals surface area contributed by atoms with E-state index in [2.05, 4.69) is 20.5 Å². The standard InChI is InChI=1S/C8H6F3N5/c1-5-3-2-4-6(12-5)16-7(8(9,10)11)13-14-15-16/h2-4H,1H3.